The van der Waals surface area contributed by atoms with Crippen molar-refractivity contribution in [2.45, 2.75) is 38.5 Å². The van der Waals surface area contributed by atoms with Gasteiger partial charge in [0.25, 0.3) is 5.91 Å². The molecule has 0 bridgehead atoms. The van der Waals surface area contributed by atoms with Crippen LogP contribution in [0.5, 0.6) is 0 Å². The van der Waals surface area contributed by atoms with Crippen LogP contribution in [-0.4, -0.2) is 17.6 Å². The van der Waals surface area contributed by atoms with E-state index in [1.165, 1.54) is 12.0 Å². The third-order valence-corrected chi connectivity index (χ3v) is 5.09. The highest BCUT2D eigenvalue weighted by molar-refractivity contribution is 9.10. The number of nitrogens with zero attached hydrogens (tertiary/aromatic N) is 1. The summed E-state index contributed by atoms with van der Waals surface area (Å²) in [5.74, 6) is 0.470. The monoisotopic (exact) mass is 362 g/mol. The number of rotatable bonds is 4. The lowest BCUT2D eigenvalue weighted by Gasteiger charge is -2.42. The fourth-order valence-electron chi connectivity index (χ4n) is 3.13. The molecule has 4 nitrogen and oxygen atoms in total. The molecular formula is C17H19BrN2O2. The Labute approximate surface area is 138 Å². The standard InChI is InChI=1S/C17H19BrN2O2/c1-11-15(12(2)22-20-11)16(21)19-10-17(7-4-8-17)13-5-3-6-14(18)9-13/h3,5-6,9H,4,7-8,10H2,1-2H3,(H,19,21). The van der Waals surface area contributed by atoms with E-state index in [4.69, 9.17) is 4.52 Å². The molecule has 0 saturated heterocycles. The quantitative estimate of drug-likeness (QED) is 0.896. The summed E-state index contributed by atoms with van der Waals surface area (Å²) in [6.07, 6.45) is 3.41. The van der Waals surface area contributed by atoms with E-state index < -0.39 is 0 Å². The number of carbonyl (C=O) groups is 1. The predicted octanol–water partition coefficient (Wildman–Crippen LogP) is 3.91. The molecular weight excluding hydrogens is 344 g/mol. The molecule has 0 aliphatic heterocycles. The molecule has 1 amide bonds. The van der Waals surface area contributed by atoms with Crippen molar-refractivity contribution in [1.29, 1.82) is 0 Å². The first-order valence-electron chi connectivity index (χ1n) is 7.49. The van der Waals surface area contributed by atoms with Gasteiger partial charge >= 0.3 is 0 Å². The van der Waals surface area contributed by atoms with E-state index in [0.717, 1.165) is 17.3 Å². The molecule has 1 N–H and O–H groups in total. The van der Waals surface area contributed by atoms with Crippen LogP contribution in [0.25, 0.3) is 0 Å². The summed E-state index contributed by atoms with van der Waals surface area (Å²) in [7, 11) is 0. The molecule has 1 aromatic heterocycles. The molecule has 1 saturated carbocycles. The maximum absolute atomic E-state index is 12.4. The maximum Gasteiger partial charge on any atom is 0.256 e. The Balaban J connectivity index is 1.76. The summed E-state index contributed by atoms with van der Waals surface area (Å²) in [4.78, 5) is 12.4. The molecule has 5 heteroatoms. The normalized spacial score (nSPS) is 16.1. The van der Waals surface area contributed by atoms with Crippen molar-refractivity contribution in [2.24, 2.45) is 0 Å². The number of benzene rings is 1. The summed E-state index contributed by atoms with van der Waals surface area (Å²) < 4.78 is 6.15. The molecule has 1 heterocycles. The maximum atomic E-state index is 12.4. The molecule has 1 aliphatic carbocycles. The zero-order valence-corrected chi connectivity index (χ0v) is 14.4. The molecule has 22 heavy (non-hydrogen) atoms. The number of carbonyl (C=O) groups excluding carboxylic acids is 1. The van der Waals surface area contributed by atoms with Gasteiger partial charge in [-0.05, 0) is 44.4 Å². The highest BCUT2D eigenvalue weighted by Crippen LogP contribution is 2.43. The van der Waals surface area contributed by atoms with Crippen molar-refractivity contribution < 1.29 is 9.32 Å². The summed E-state index contributed by atoms with van der Waals surface area (Å²) in [5, 5.41) is 6.92. The van der Waals surface area contributed by atoms with Gasteiger partial charge in [-0.25, -0.2) is 0 Å². The Hall–Kier alpha value is -1.62. The third kappa shape index (κ3) is 2.70. The molecule has 0 atom stereocenters. The Morgan fingerprint density at radius 2 is 2.18 bits per heavy atom. The Morgan fingerprint density at radius 1 is 1.41 bits per heavy atom. The fourth-order valence-corrected chi connectivity index (χ4v) is 3.53. The van der Waals surface area contributed by atoms with E-state index in [1.54, 1.807) is 13.8 Å². The highest BCUT2D eigenvalue weighted by atomic mass is 79.9. The lowest BCUT2D eigenvalue weighted by Crippen LogP contribution is -2.45. The van der Waals surface area contributed by atoms with Gasteiger partial charge in [0.2, 0.25) is 0 Å². The van der Waals surface area contributed by atoms with Gasteiger partial charge < -0.3 is 9.84 Å². The lowest BCUT2D eigenvalue weighted by atomic mass is 9.64. The molecule has 1 aliphatic rings. The van der Waals surface area contributed by atoms with Gasteiger partial charge in [-0.1, -0.05) is 39.6 Å². The number of amides is 1. The van der Waals surface area contributed by atoms with Crippen LogP contribution in [0.1, 0.15) is 46.6 Å². The molecule has 0 spiro atoms. The van der Waals surface area contributed by atoms with Crippen molar-refractivity contribution in [3.05, 3.63) is 51.3 Å². The zero-order chi connectivity index (χ0) is 15.7. The van der Waals surface area contributed by atoms with Gasteiger partial charge in [0.1, 0.15) is 11.3 Å². The number of aromatic nitrogens is 1. The van der Waals surface area contributed by atoms with Gasteiger partial charge in [0, 0.05) is 16.4 Å². The Bertz CT molecular complexity index is 685. The van der Waals surface area contributed by atoms with E-state index in [1.807, 2.05) is 6.07 Å². The number of aryl methyl sites for hydroxylation is 2. The molecule has 116 valence electrons. The van der Waals surface area contributed by atoms with E-state index in [2.05, 4.69) is 44.6 Å². The second-order valence-corrected chi connectivity index (χ2v) is 6.94. The molecule has 0 unspecified atom stereocenters. The number of hydrogen-bond acceptors (Lipinski definition) is 3. The summed E-state index contributed by atoms with van der Waals surface area (Å²) in [6.45, 7) is 4.20. The molecule has 1 fully saturated rings. The van der Waals surface area contributed by atoms with Crippen LogP contribution < -0.4 is 5.32 Å². The SMILES string of the molecule is Cc1noc(C)c1C(=O)NCC1(c2cccc(Br)c2)CCC1. The highest BCUT2D eigenvalue weighted by Gasteiger charge is 2.39. The number of nitrogens with one attached hydrogen (secondary N) is 1. The average Bonchev–Trinajstić information content (AvgIpc) is 2.77. The van der Waals surface area contributed by atoms with Crippen LogP contribution in [0.3, 0.4) is 0 Å². The van der Waals surface area contributed by atoms with Crippen LogP contribution in [0.15, 0.2) is 33.3 Å². The van der Waals surface area contributed by atoms with Crippen LogP contribution in [-0.2, 0) is 5.41 Å². The second-order valence-electron chi connectivity index (χ2n) is 6.03. The second kappa shape index (κ2) is 5.88. The molecule has 1 aromatic carbocycles. The van der Waals surface area contributed by atoms with Gasteiger partial charge in [0.15, 0.2) is 0 Å². The average molecular weight is 363 g/mol. The van der Waals surface area contributed by atoms with Crippen molar-refractivity contribution in [3.63, 3.8) is 0 Å². The first-order valence-corrected chi connectivity index (χ1v) is 8.28. The van der Waals surface area contributed by atoms with Crippen LogP contribution in [0.2, 0.25) is 0 Å². The summed E-state index contributed by atoms with van der Waals surface area (Å²) >= 11 is 3.53. The van der Waals surface area contributed by atoms with Crippen molar-refractivity contribution in [1.82, 2.24) is 10.5 Å². The Kier molecular flexibility index (Phi) is 4.08. The van der Waals surface area contributed by atoms with E-state index >= 15 is 0 Å². The van der Waals surface area contributed by atoms with Gasteiger partial charge in [-0.15, -0.1) is 0 Å². The minimum absolute atomic E-state index is 0.0540. The molecule has 2 aromatic rings. The zero-order valence-electron chi connectivity index (χ0n) is 12.8. The van der Waals surface area contributed by atoms with Crippen LogP contribution in [0.4, 0.5) is 0 Å². The molecule has 3 rings (SSSR count). The molecule has 0 radical (unpaired) electrons. The smallest absolute Gasteiger partial charge is 0.256 e. The van der Waals surface area contributed by atoms with Gasteiger partial charge in [-0.3, -0.25) is 4.79 Å². The minimum atomic E-state index is -0.0995. The fraction of sp³-hybridized carbons (Fsp3) is 0.412. The number of halogens is 1. The topological polar surface area (TPSA) is 55.1 Å². The van der Waals surface area contributed by atoms with Crippen LogP contribution >= 0.6 is 15.9 Å². The van der Waals surface area contributed by atoms with Gasteiger partial charge in [0.05, 0.1) is 5.69 Å². The lowest BCUT2D eigenvalue weighted by molar-refractivity contribution is 0.0926. The summed E-state index contributed by atoms with van der Waals surface area (Å²) in [6, 6.07) is 8.38. The largest absolute Gasteiger partial charge is 0.361 e. The van der Waals surface area contributed by atoms with Crippen molar-refractivity contribution >= 4 is 21.8 Å². The summed E-state index contributed by atoms with van der Waals surface area (Å²) in [5.41, 5.74) is 2.54. The third-order valence-electron chi connectivity index (χ3n) is 4.60. The van der Waals surface area contributed by atoms with Crippen molar-refractivity contribution in [3.8, 4) is 0 Å². The van der Waals surface area contributed by atoms with Crippen LogP contribution in [0, 0.1) is 13.8 Å². The van der Waals surface area contributed by atoms with E-state index in [-0.39, 0.29) is 11.3 Å². The minimum Gasteiger partial charge on any atom is -0.361 e. The van der Waals surface area contributed by atoms with E-state index in [9.17, 15) is 4.79 Å². The predicted molar refractivity (Wildman–Crippen MR) is 88.0 cm³/mol. The first-order chi connectivity index (χ1) is 10.5. The van der Waals surface area contributed by atoms with Crippen molar-refractivity contribution in [2.75, 3.05) is 6.54 Å². The van der Waals surface area contributed by atoms with E-state index in [0.29, 0.717) is 23.6 Å². The van der Waals surface area contributed by atoms with Gasteiger partial charge in [-0.2, -0.15) is 0 Å². The number of hydrogen-bond donors (Lipinski definition) is 1. The Morgan fingerprint density at radius 3 is 2.73 bits per heavy atom. The first kappa shape index (κ1) is 15.3.